The maximum atomic E-state index is 12.0. The molecule has 0 N–H and O–H groups in total. The van der Waals surface area contributed by atoms with Gasteiger partial charge in [-0.1, -0.05) is 12.1 Å². The van der Waals surface area contributed by atoms with Crippen molar-refractivity contribution in [1.82, 2.24) is 4.31 Å². The number of hydrogen-bond donors (Lipinski definition) is 0. The van der Waals surface area contributed by atoms with Gasteiger partial charge in [-0.25, -0.2) is 12.7 Å². The summed E-state index contributed by atoms with van der Waals surface area (Å²) in [4.78, 5) is 23.3. The number of sulfonamides is 1. The molecule has 1 amide bonds. The molecule has 0 spiro atoms. The zero-order valence-corrected chi connectivity index (χ0v) is 10.4. The zero-order valence-electron chi connectivity index (χ0n) is 9.62. The zero-order chi connectivity index (χ0) is 13.3. The molecule has 1 aliphatic heterocycles. The number of ether oxygens (including phenoxy) is 1. The summed E-state index contributed by atoms with van der Waals surface area (Å²) >= 11 is 0. The molecule has 1 aromatic rings. The highest BCUT2D eigenvalue weighted by molar-refractivity contribution is 7.90. The number of hydrogen-bond acceptors (Lipinski definition) is 5. The molecule has 7 heteroatoms. The lowest BCUT2D eigenvalue weighted by Crippen LogP contribution is -2.36. The molecular formula is C11H11NO5S. The Kier molecular flexibility index (Phi) is 3.18. The molecule has 96 valence electrons. The lowest BCUT2D eigenvalue weighted by molar-refractivity contribution is -0.122. The van der Waals surface area contributed by atoms with Crippen molar-refractivity contribution in [3.63, 3.8) is 0 Å². The summed E-state index contributed by atoms with van der Waals surface area (Å²) in [6, 6.07) is 5.89. The van der Waals surface area contributed by atoms with Gasteiger partial charge in [0.1, 0.15) is 11.5 Å². The number of amides is 1. The van der Waals surface area contributed by atoms with Gasteiger partial charge in [0.05, 0.1) is 12.1 Å². The van der Waals surface area contributed by atoms with Gasteiger partial charge in [0, 0.05) is 7.11 Å². The van der Waals surface area contributed by atoms with Crippen molar-refractivity contribution in [1.29, 1.82) is 0 Å². The molecule has 1 heterocycles. The summed E-state index contributed by atoms with van der Waals surface area (Å²) < 4.78 is 29.3. The number of carbonyl (C=O) groups is 2. The summed E-state index contributed by atoms with van der Waals surface area (Å²) in [5, 5.41) is 0. The maximum absolute atomic E-state index is 12.0. The normalized spacial score (nSPS) is 16.7. The molecule has 6 nitrogen and oxygen atoms in total. The minimum Gasteiger partial charge on any atom is -0.377 e. The second-order valence-corrected chi connectivity index (χ2v) is 5.62. The maximum Gasteiger partial charge on any atom is 0.269 e. The molecule has 2 rings (SSSR count). The summed E-state index contributed by atoms with van der Waals surface area (Å²) in [5.41, 5.74) is 0.0997. The van der Waals surface area contributed by atoms with Crippen LogP contribution in [0, 0.1) is 0 Å². The molecule has 0 bridgehead atoms. The topological polar surface area (TPSA) is 80.8 Å². The third-order valence-corrected chi connectivity index (χ3v) is 4.32. The van der Waals surface area contributed by atoms with E-state index >= 15 is 0 Å². The van der Waals surface area contributed by atoms with Gasteiger partial charge in [0.15, 0.2) is 5.78 Å². The highest BCUT2D eigenvalue weighted by atomic mass is 32.2. The summed E-state index contributed by atoms with van der Waals surface area (Å²) in [5.74, 6) is -1.14. The lowest BCUT2D eigenvalue weighted by Gasteiger charge is -2.13. The van der Waals surface area contributed by atoms with Gasteiger partial charge in [-0.2, -0.15) is 0 Å². The van der Waals surface area contributed by atoms with E-state index in [1.165, 1.54) is 25.3 Å². The minimum absolute atomic E-state index is 0.0554. The van der Waals surface area contributed by atoms with E-state index in [1.807, 2.05) is 0 Å². The van der Waals surface area contributed by atoms with E-state index in [9.17, 15) is 18.0 Å². The van der Waals surface area contributed by atoms with Crippen LogP contribution in [0.15, 0.2) is 29.2 Å². The average Bonchev–Trinajstić information content (AvgIpc) is 2.52. The van der Waals surface area contributed by atoms with E-state index in [2.05, 4.69) is 4.74 Å². The first-order chi connectivity index (χ1) is 8.48. The first-order valence-electron chi connectivity index (χ1n) is 5.15. The first-order valence-corrected chi connectivity index (χ1v) is 6.59. The molecule has 1 aromatic carbocycles. The van der Waals surface area contributed by atoms with Gasteiger partial charge in [0.25, 0.3) is 15.9 Å². The fourth-order valence-electron chi connectivity index (χ4n) is 1.75. The van der Waals surface area contributed by atoms with Gasteiger partial charge in [0.2, 0.25) is 0 Å². The van der Waals surface area contributed by atoms with Crippen LogP contribution in [0.3, 0.4) is 0 Å². The summed E-state index contributed by atoms with van der Waals surface area (Å²) in [6.45, 7) is -0.723. The van der Waals surface area contributed by atoms with Crippen LogP contribution >= 0.6 is 0 Å². The van der Waals surface area contributed by atoms with E-state index in [4.69, 9.17) is 0 Å². The highest BCUT2D eigenvalue weighted by Gasteiger charge is 2.41. The van der Waals surface area contributed by atoms with Crippen LogP contribution in [0.5, 0.6) is 0 Å². The molecule has 1 aliphatic rings. The predicted octanol–water partition coefficient (Wildman–Crippen LogP) is 0.0466. The monoisotopic (exact) mass is 269 g/mol. The number of methoxy groups -OCH3 is 1. The molecule has 0 aliphatic carbocycles. The fourth-order valence-corrected chi connectivity index (χ4v) is 3.31. The number of benzene rings is 1. The van der Waals surface area contributed by atoms with Crippen molar-refractivity contribution in [3.8, 4) is 0 Å². The number of fused-ring (bicyclic) bond motifs is 1. The number of rotatable bonds is 4. The third-order valence-electron chi connectivity index (χ3n) is 2.54. The largest absolute Gasteiger partial charge is 0.377 e. The molecule has 0 atom stereocenters. The van der Waals surface area contributed by atoms with Gasteiger partial charge in [-0.3, -0.25) is 9.59 Å². The Morgan fingerprint density at radius 1 is 1.33 bits per heavy atom. The molecule has 18 heavy (non-hydrogen) atoms. The smallest absolute Gasteiger partial charge is 0.269 e. The molecule has 0 aromatic heterocycles. The Hall–Kier alpha value is -1.73. The Balaban J connectivity index is 2.37. The van der Waals surface area contributed by atoms with E-state index in [1.54, 1.807) is 6.07 Å². The number of ketones is 1. The van der Waals surface area contributed by atoms with E-state index in [0.29, 0.717) is 4.31 Å². The van der Waals surface area contributed by atoms with Crippen molar-refractivity contribution in [3.05, 3.63) is 29.8 Å². The van der Waals surface area contributed by atoms with Gasteiger partial charge in [-0.05, 0) is 12.1 Å². The quantitative estimate of drug-likeness (QED) is 0.771. The molecular weight excluding hydrogens is 258 g/mol. The van der Waals surface area contributed by atoms with Crippen molar-refractivity contribution in [2.24, 2.45) is 0 Å². The van der Waals surface area contributed by atoms with Crippen molar-refractivity contribution in [2.75, 3.05) is 20.3 Å². The second-order valence-electron chi connectivity index (χ2n) is 3.78. The average molecular weight is 269 g/mol. The molecule has 0 unspecified atom stereocenters. The Morgan fingerprint density at radius 3 is 2.61 bits per heavy atom. The van der Waals surface area contributed by atoms with Crippen LogP contribution in [0.2, 0.25) is 0 Å². The van der Waals surface area contributed by atoms with Crippen molar-refractivity contribution in [2.45, 2.75) is 4.90 Å². The Morgan fingerprint density at radius 2 is 2.00 bits per heavy atom. The van der Waals surface area contributed by atoms with Crippen LogP contribution in [0.1, 0.15) is 10.4 Å². The van der Waals surface area contributed by atoms with Gasteiger partial charge in [-0.15, -0.1) is 0 Å². The standard InChI is InChI=1S/C11H11NO5S/c1-17-7-8(13)6-12-11(14)9-4-2-3-5-10(9)18(12,15)16/h2-5H,6-7H2,1H3. The third kappa shape index (κ3) is 1.91. The lowest BCUT2D eigenvalue weighted by atomic mass is 10.2. The number of Topliss-reactive ketones (excluding diaryl/α,β-unsaturated/α-hetero) is 1. The van der Waals surface area contributed by atoms with Crippen LogP contribution in [0.25, 0.3) is 0 Å². The van der Waals surface area contributed by atoms with E-state index in [-0.39, 0.29) is 17.1 Å². The number of carbonyl (C=O) groups excluding carboxylic acids is 2. The molecule has 0 saturated carbocycles. The second kappa shape index (κ2) is 4.51. The predicted molar refractivity (Wildman–Crippen MR) is 61.5 cm³/mol. The van der Waals surface area contributed by atoms with Crippen molar-refractivity contribution >= 4 is 21.7 Å². The van der Waals surface area contributed by atoms with Crippen LogP contribution in [-0.4, -0.2) is 44.7 Å². The molecule has 0 radical (unpaired) electrons. The fraction of sp³-hybridized carbons (Fsp3) is 0.273. The highest BCUT2D eigenvalue weighted by Crippen LogP contribution is 2.29. The summed E-state index contributed by atoms with van der Waals surface area (Å²) in [7, 11) is -2.58. The Bertz CT molecular complexity index is 608. The summed E-state index contributed by atoms with van der Waals surface area (Å²) in [6.07, 6.45) is 0. The first kappa shape index (κ1) is 12.7. The Labute approximate surface area is 104 Å². The SMILES string of the molecule is COCC(=O)CN1C(=O)c2ccccc2S1(=O)=O. The van der Waals surface area contributed by atoms with E-state index < -0.39 is 28.3 Å². The molecule has 0 fully saturated rings. The van der Waals surface area contributed by atoms with Gasteiger partial charge >= 0.3 is 0 Å². The minimum atomic E-state index is -3.90. The van der Waals surface area contributed by atoms with Crippen LogP contribution in [-0.2, 0) is 19.6 Å². The molecule has 0 saturated heterocycles. The van der Waals surface area contributed by atoms with Crippen LogP contribution in [0.4, 0.5) is 0 Å². The van der Waals surface area contributed by atoms with E-state index in [0.717, 1.165) is 0 Å². The van der Waals surface area contributed by atoms with Crippen LogP contribution < -0.4 is 0 Å². The number of nitrogens with zero attached hydrogens (tertiary/aromatic N) is 1. The van der Waals surface area contributed by atoms with Gasteiger partial charge < -0.3 is 4.74 Å². The van der Waals surface area contributed by atoms with Crippen molar-refractivity contribution < 1.29 is 22.7 Å².